The second kappa shape index (κ2) is 8.78. The first-order chi connectivity index (χ1) is 14.2. The Morgan fingerprint density at radius 1 is 1.33 bits per heavy atom. The number of hydrogen-bond acceptors (Lipinski definition) is 8. The van der Waals surface area contributed by atoms with Crippen LogP contribution in [0.3, 0.4) is 0 Å². The smallest absolute Gasteiger partial charge is 0.312 e. The van der Waals surface area contributed by atoms with Crippen molar-refractivity contribution in [2.75, 3.05) is 11.9 Å². The molecule has 30 heavy (non-hydrogen) atoms. The van der Waals surface area contributed by atoms with Crippen LogP contribution in [-0.2, 0) is 27.7 Å². The van der Waals surface area contributed by atoms with Crippen molar-refractivity contribution in [2.24, 2.45) is 5.14 Å². The summed E-state index contributed by atoms with van der Waals surface area (Å²) in [4.78, 5) is 23.4. The molecule has 1 aromatic heterocycles. The Bertz CT molecular complexity index is 1150. The van der Waals surface area contributed by atoms with E-state index in [1.54, 1.807) is 0 Å². The first-order valence-electron chi connectivity index (χ1n) is 8.99. The van der Waals surface area contributed by atoms with Gasteiger partial charge in [-0.1, -0.05) is 6.42 Å². The van der Waals surface area contributed by atoms with Gasteiger partial charge in [0.1, 0.15) is 11.1 Å². The molecule has 0 fully saturated rings. The van der Waals surface area contributed by atoms with Crippen molar-refractivity contribution in [1.29, 1.82) is 5.26 Å². The quantitative estimate of drug-likeness (QED) is 0.387. The number of nitro groups is 1. The van der Waals surface area contributed by atoms with Crippen LogP contribution in [0.4, 0.5) is 10.7 Å². The zero-order valence-corrected chi connectivity index (χ0v) is 17.3. The van der Waals surface area contributed by atoms with E-state index in [1.165, 1.54) is 11.3 Å². The Balaban J connectivity index is 1.74. The van der Waals surface area contributed by atoms with Crippen molar-refractivity contribution in [3.63, 3.8) is 0 Å². The van der Waals surface area contributed by atoms with Crippen molar-refractivity contribution in [3.05, 3.63) is 44.3 Å². The Morgan fingerprint density at radius 2 is 2.07 bits per heavy atom. The third kappa shape index (κ3) is 4.76. The Kier molecular flexibility index (Phi) is 6.35. The van der Waals surface area contributed by atoms with E-state index in [-0.39, 0.29) is 5.75 Å². The molecule has 12 heteroatoms. The number of carbonyl (C=O) groups is 1. The summed E-state index contributed by atoms with van der Waals surface area (Å²) in [5, 5.41) is 28.8. The number of amides is 1. The van der Waals surface area contributed by atoms with E-state index >= 15 is 0 Å². The van der Waals surface area contributed by atoms with Gasteiger partial charge < -0.3 is 10.1 Å². The maximum absolute atomic E-state index is 12.3. The molecule has 0 unspecified atom stereocenters. The highest BCUT2D eigenvalue weighted by molar-refractivity contribution is 7.89. The molecule has 0 bridgehead atoms. The number of aryl methyl sites for hydroxylation is 1. The molecule has 0 aliphatic heterocycles. The topological polar surface area (TPSA) is 165 Å². The minimum atomic E-state index is -4.13. The van der Waals surface area contributed by atoms with E-state index in [9.17, 15) is 28.6 Å². The minimum Gasteiger partial charge on any atom is -0.477 e. The number of primary sulfonamides is 1. The average molecular weight is 450 g/mol. The fourth-order valence-corrected chi connectivity index (χ4v) is 4.98. The molecule has 3 N–H and O–H groups in total. The summed E-state index contributed by atoms with van der Waals surface area (Å²) in [6, 6.07) is 5.05. The van der Waals surface area contributed by atoms with Crippen LogP contribution in [-0.4, -0.2) is 25.9 Å². The lowest BCUT2D eigenvalue weighted by Crippen LogP contribution is -2.20. The van der Waals surface area contributed by atoms with Crippen LogP contribution < -0.4 is 15.2 Å². The molecule has 3 rings (SSSR count). The molecule has 1 heterocycles. The zero-order chi connectivity index (χ0) is 21.9. The molecule has 0 saturated carbocycles. The number of nitrogens with one attached hydrogen (secondary N) is 1. The van der Waals surface area contributed by atoms with Gasteiger partial charge in [-0.2, -0.15) is 5.26 Å². The van der Waals surface area contributed by atoms with Gasteiger partial charge in [0.25, 0.3) is 5.91 Å². The van der Waals surface area contributed by atoms with E-state index in [0.29, 0.717) is 10.6 Å². The largest absolute Gasteiger partial charge is 0.477 e. The van der Waals surface area contributed by atoms with Gasteiger partial charge in [0, 0.05) is 10.9 Å². The molecule has 1 aliphatic rings. The molecule has 158 valence electrons. The van der Waals surface area contributed by atoms with E-state index in [2.05, 4.69) is 11.4 Å². The van der Waals surface area contributed by atoms with Crippen molar-refractivity contribution in [3.8, 4) is 11.8 Å². The third-order valence-corrected chi connectivity index (χ3v) is 6.72. The Morgan fingerprint density at radius 3 is 2.73 bits per heavy atom. The number of nitriles is 1. The lowest BCUT2D eigenvalue weighted by atomic mass is 10.1. The molecule has 2 aromatic rings. The molecule has 10 nitrogen and oxygen atoms in total. The minimum absolute atomic E-state index is 0.273. The van der Waals surface area contributed by atoms with Crippen molar-refractivity contribution < 1.29 is 22.9 Å². The van der Waals surface area contributed by atoms with Gasteiger partial charge in [0.05, 0.1) is 15.4 Å². The Hall–Kier alpha value is -3.01. The number of carbonyl (C=O) groups excluding carboxylic acids is 1. The summed E-state index contributed by atoms with van der Waals surface area (Å²) < 4.78 is 28.0. The number of thiophene rings is 1. The fourth-order valence-electron chi connectivity index (χ4n) is 3.19. The number of anilines is 1. The molecule has 0 saturated heterocycles. The lowest BCUT2D eigenvalue weighted by Gasteiger charge is -2.08. The number of ether oxygens (including phenoxy) is 1. The van der Waals surface area contributed by atoms with Crippen LogP contribution in [0.15, 0.2) is 23.1 Å². The predicted molar refractivity (Wildman–Crippen MR) is 109 cm³/mol. The Labute approximate surface area is 176 Å². The van der Waals surface area contributed by atoms with Gasteiger partial charge in [-0.05, 0) is 43.4 Å². The fraction of sp³-hybridized carbons (Fsp3) is 0.333. The number of nitro benzene ring substituents is 1. The van der Waals surface area contributed by atoms with Gasteiger partial charge in [-0.25, -0.2) is 13.6 Å². The van der Waals surface area contributed by atoms with Gasteiger partial charge in [-0.15, -0.1) is 11.3 Å². The van der Waals surface area contributed by atoms with Crippen LogP contribution in [0.2, 0.25) is 0 Å². The molecular weight excluding hydrogens is 432 g/mol. The highest BCUT2D eigenvalue weighted by Crippen LogP contribution is 2.37. The summed E-state index contributed by atoms with van der Waals surface area (Å²) in [5.41, 5.74) is 0.800. The van der Waals surface area contributed by atoms with Gasteiger partial charge >= 0.3 is 5.69 Å². The van der Waals surface area contributed by atoms with E-state index in [0.717, 1.165) is 60.7 Å². The molecule has 1 aromatic carbocycles. The second-order valence-electron chi connectivity index (χ2n) is 6.65. The number of sulfonamides is 1. The normalized spacial score (nSPS) is 13.6. The third-order valence-electron chi connectivity index (χ3n) is 4.60. The molecule has 0 atom stereocenters. The number of nitrogens with zero attached hydrogens (tertiary/aromatic N) is 2. The van der Waals surface area contributed by atoms with E-state index < -0.39 is 38.0 Å². The maximum atomic E-state index is 12.3. The van der Waals surface area contributed by atoms with Crippen molar-refractivity contribution in [2.45, 2.75) is 37.0 Å². The lowest BCUT2D eigenvalue weighted by molar-refractivity contribution is -0.386. The summed E-state index contributed by atoms with van der Waals surface area (Å²) >= 11 is 1.36. The van der Waals surface area contributed by atoms with E-state index in [1.807, 2.05) is 0 Å². The average Bonchev–Trinajstić information content (AvgIpc) is 2.84. The molecule has 0 spiro atoms. The summed E-state index contributed by atoms with van der Waals surface area (Å²) in [6.45, 7) is -0.553. The molecule has 0 radical (unpaired) electrons. The number of benzene rings is 1. The standard InChI is InChI=1S/C18H18N4O6S2/c19-9-13-12-4-2-1-3-5-16(12)29-18(13)21-17(23)10-28-15-7-6-11(30(20,26)27)8-14(15)22(24)25/h6-8H,1-5,10H2,(H,21,23)(H2,20,26,27). The number of rotatable bonds is 6. The van der Waals surface area contributed by atoms with E-state index in [4.69, 9.17) is 9.88 Å². The summed E-state index contributed by atoms with van der Waals surface area (Å²) in [7, 11) is -4.13. The zero-order valence-electron chi connectivity index (χ0n) is 15.7. The second-order valence-corrected chi connectivity index (χ2v) is 9.32. The van der Waals surface area contributed by atoms with Crippen LogP contribution in [0.1, 0.15) is 35.3 Å². The van der Waals surface area contributed by atoms with Gasteiger partial charge in [0.15, 0.2) is 12.4 Å². The first-order valence-corrected chi connectivity index (χ1v) is 11.4. The van der Waals surface area contributed by atoms with Crippen molar-refractivity contribution >= 4 is 38.0 Å². The predicted octanol–water partition coefficient (Wildman–Crippen LogP) is 2.46. The van der Waals surface area contributed by atoms with Crippen LogP contribution in [0, 0.1) is 21.4 Å². The van der Waals surface area contributed by atoms with Gasteiger partial charge in [0.2, 0.25) is 10.0 Å². The summed E-state index contributed by atoms with van der Waals surface area (Å²) in [6.07, 6.45) is 4.79. The highest BCUT2D eigenvalue weighted by atomic mass is 32.2. The van der Waals surface area contributed by atoms with Crippen LogP contribution in [0.25, 0.3) is 0 Å². The molecule has 1 aliphatic carbocycles. The number of fused-ring (bicyclic) bond motifs is 1. The summed E-state index contributed by atoms with van der Waals surface area (Å²) in [5.74, 6) is -0.863. The molecular formula is C18H18N4O6S2. The van der Waals surface area contributed by atoms with Crippen LogP contribution in [0.5, 0.6) is 5.75 Å². The molecule has 1 amide bonds. The maximum Gasteiger partial charge on any atom is 0.312 e. The monoisotopic (exact) mass is 450 g/mol. The van der Waals surface area contributed by atoms with Crippen LogP contribution >= 0.6 is 11.3 Å². The first kappa shape index (κ1) is 21.7. The highest BCUT2D eigenvalue weighted by Gasteiger charge is 2.23. The SMILES string of the molecule is N#Cc1c(NC(=O)COc2ccc(S(N)(=O)=O)cc2[N+](=O)[O-])sc2c1CCCCC2. The number of nitrogens with two attached hydrogens (primary N) is 1. The van der Waals surface area contributed by atoms with Crippen molar-refractivity contribution in [1.82, 2.24) is 0 Å². The number of hydrogen-bond donors (Lipinski definition) is 2. The van der Waals surface area contributed by atoms with Gasteiger partial charge in [-0.3, -0.25) is 14.9 Å².